The first-order chi connectivity index (χ1) is 10.1. The molecule has 0 saturated carbocycles. The molecular weight excluding hydrogens is 288 g/mol. The zero-order chi connectivity index (χ0) is 15.2. The highest BCUT2D eigenvalue weighted by Gasteiger charge is 2.09. The van der Waals surface area contributed by atoms with Gasteiger partial charge in [-0.2, -0.15) is 0 Å². The van der Waals surface area contributed by atoms with Crippen LogP contribution in [-0.4, -0.2) is 12.4 Å². The fourth-order valence-electron chi connectivity index (χ4n) is 1.92. The van der Waals surface area contributed by atoms with Crippen molar-refractivity contribution in [3.05, 3.63) is 58.6 Å². The Hall–Kier alpha value is -2.00. The highest BCUT2D eigenvalue weighted by Crippen LogP contribution is 2.27. The molecule has 0 bridgehead atoms. The summed E-state index contributed by atoms with van der Waals surface area (Å²) in [5.74, 6) is 1.33. The average Bonchev–Trinajstić information content (AvgIpc) is 2.47. The van der Waals surface area contributed by atoms with Crippen molar-refractivity contribution in [2.24, 2.45) is 0 Å². The third-order valence-electron chi connectivity index (χ3n) is 2.99. The lowest BCUT2D eigenvalue weighted by Crippen LogP contribution is -2.03. The van der Waals surface area contributed by atoms with E-state index in [4.69, 9.17) is 21.1 Å². The van der Waals surface area contributed by atoms with Crippen LogP contribution in [0.4, 0.5) is 0 Å². The van der Waals surface area contributed by atoms with Gasteiger partial charge in [0.2, 0.25) is 0 Å². The number of benzene rings is 2. The second-order valence-corrected chi connectivity index (χ2v) is 4.94. The van der Waals surface area contributed by atoms with Crippen molar-refractivity contribution in [1.82, 2.24) is 0 Å². The van der Waals surface area contributed by atoms with Gasteiger partial charge in [0.15, 0.2) is 5.78 Å². The summed E-state index contributed by atoms with van der Waals surface area (Å²) in [6.45, 7) is 4.30. The first kappa shape index (κ1) is 15.4. The summed E-state index contributed by atoms with van der Waals surface area (Å²) in [5, 5.41) is 0.554. The lowest BCUT2D eigenvalue weighted by Gasteiger charge is -2.13. The fourth-order valence-corrected chi connectivity index (χ4v) is 2.12. The van der Waals surface area contributed by atoms with Gasteiger partial charge in [-0.15, -0.1) is 0 Å². The van der Waals surface area contributed by atoms with Crippen molar-refractivity contribution in [1.29, 1.82) is 0 Å². The molecule has 0 radical (unpaired) electrons. The quantitative estimate of drug-likeness (QED) is 0.736. The minimum absolute atomic E-state index is 0.0111. The van der Waals surface area contributed by atoms with E-state index in [0.29, 0.717) is 29.5 Å². The van der Waals surface area contributed by atoms with Gasteiger partial charge < -0.3 is 9.47 Å². The molecule has 110 valence electrons. The number of carbonyl (C=O) groups excluding carboxylic acids is 1. The summed E-state index contributed by atoms with van der Waals surface area (Å²) in [4.78, 5) is 11.5. The zero-order valence-electron chi connectivity index (χ0n) is 12.1. The highest BCUT2D eigenvalue weighted by molar-refractivity contribution is 6.32. The molecule has 0 aliphatic carbocycles. The van der Waals surface area contributed by atoms with Crippen molar-refractivity contribution in [3.63, 3.8) is 0 Å². The molecular formula is C17H17ClO3. The molecule has 0 heterocycles. The summed E-state index contributed by atoms with van der Waals surface area (Å²) in [6, 6.07) is 12.6. The average molecular weight is 305 g/mol. The van der Waals surface area contributed by atoms with Crippen LogP contribution in [0.15, 0.2) is 42.5 Å². The van der Waals surface area contributed by atoms with E-state index in [0.717, 1.165) is 11.3 Å². The molecule has 4 heteroatoms. The van der Waals surface area contributed by atoms with E-state index in [-0.39, 0.29) is 5.78 Å². The molecule has 0 spiro atoms. The topological polar surface area (TPSA) is 35.5 Å². The van der Waals surface area contributed by atoms with Crippen molar-refractivity contribution < 1.29 is 14.3 Å². The van der Waals surface area contributed by atoms with Crippen LogP contribution in [0.2, 0.25) is 5.02 Å². The Morgan fingerprint density at radius 1 is 1.10 bits per heavy atom. The summed E-state index contributed by atoms with van der Waals surface area (Å²) in [5.41, 5.74) is 1.46. The third kappa shape index (κ3) is 3.99. The van der Waals surface area contributed by atoms with E-state index in [2.05, 4.69) is 0 Å². The molecule has 0 N–H and O–H groups in total. The number of rotatable bonds is 6. The molecule has 2 rings (SSSR count). The SMILES string of the molecule is CCOc1ccc(C(C)=O)cc1COc1ccccc1Cl. The summed E-state index contributed by atoms with van der Waals surface area (Å²) >= 11 is 6.06. The standard InChI is InChI=1S/C17H17ClO3/c1-3-20-16-9-8-13(12(2)19)10-14(16)11-21-17-7-5-4-6-15(17)18/h4-10H,3,11H2,1-2H3. The van der Waals surface area contributed by atoms with E-state index in [1.54, 1.807) is 30.3 Å². The Morgan fingerprint density at radius 3 is 2.52 bits per heavy atom. The molecule has 0 unspecified atom stereocenters. The maximum absolute atomic E-state index is 11.5. The lowest BCUT2D eigenvalue weighted by atomic mass is 10.1. The largest absolute Gasteiger partial charge is 0.493 e. The van der Waals surface area contributed by atoms with E-state index < -0.39 is 0 Å². The number of hydrogen-bond acceptors (Lipinski definition) is 3. The molecule has 0 saturated heterocycles. The Labute approximate surface area is 129 Å². The minimum atomic E-state index is 0.0111. The number of hydrogen-bond donors (Lipinski definition) is 0. The number of Topliss-reactive ketones (excluding diaryl/α,β-unsaturated/α-hetero) is 1. The second kappa shape index (κ2) is 7.14. The molecule has 0 aliphatic heterocycles. The van der Waals surface area contributed by atoms with Crippen LogP contribution in [0.3, 0.4) is 0 Å². The minimum Gasteiger partial charge on any atom is -0.493 e. The van der Waals surface area contributed by atoms with Crippen LogP contribution in [0.1, 0.15) is 29.8 Å². The van der Waals surface area contributed by atoms with Gasteiger partial charge in [0.05, 0.1) is 11.6 Å². The smallest absolute Gasteiger partial charge is 0.159 e. The van der Waals surface area contributed by atoms with Gasteiger partial charge in [-0.05, 0) is 44.2 Å². The number of ether oxygens (including phenoxy) is 2. The van der Waals surface area contributed by atoms with Crippen LogP contribution < -0.4 is 9.47 Å². The van der Waals surface area contributed by atoms with Crippen LogP contribution >= 0.6 is 11.6 Å². The molecule has 2 aromatic rings. The monoisotopic (exact) mass is 304 g/mol. The Morgan fingerprint density at radius 2 is 1.86 bits per heavy atom. The maximum atomic E-state index is 11.5. The molecule has 0 atom stereocenters. The first-order valence-corrected chi connectivity index (χ1v) is 7.13. The van der Waals surface area contributed by atoms with E-state index >= 15 is 0 Å². The molecule has 0 fully saturated rings. The van der Waals surface area contributed by atoms with Gasteiger partial charge >= 0.3 is 0 Å². The Kier molecular flexibility index (Phi) is 5.23. The fraction of sp³-hybridized carbons (Fsp3) is 0.235. The van der Waals surface area contributed by atoms with Gasteiger partial charge in [0.1, 0.15) is 18.1 Å². The van der Waals surface area contributed by atoms with E-state index in [1.165, 1.54) is 6.92 Å². The molecule has 21 heavy (non-hydrogen) atoms. The third-order valence-corrected chi connectivity index (χ3v) is 3.30. The van der Waals surface area contributed by atoms with Gasteiger partial charge in [0, 0.05) is 11.1 Å². The molecule has 0 amide bonds. The number of carbonyl (C=O) groups is 1. The first-order valence-electron chi connectivity index (χ1n) is 6.75. The van der Waals surface area contributed by atoms with Gasteiger partial charge in [-0.3, -0.25) is 4.79 Å². The molecule has 2 aromatic carbocycles. The lowest BCUT2D eigenvalue weighted by molar-refractivity contribution is 0.101. The van der Waals surface area contributed by atoms with Crippen LogP contribution in [0.5, 0.6) is 11.5 Å². The van der Waals surface area contributed by atoms with Gasteiger partial charge in [0.25, 0.3) is 0 Å². The van der Waals surface area contributed by atoms with Gasteiger partial charge in [-0.1, -0.05) is 23.7 Å². The predicted octanol–water partition coefficient (Wildman–Crippen LogP) is 4.52. The molecule has 3 nitrogen and oxygen atoms in total. The molecule has 0 aliphatic rings. The highest BCUT2D eigenvalue weighted by atomic mass is 35.5. The van der Waals surface area contributed by atoms with Gasteiger partial charge in [-0.25, -0.2) is 0 Å². The van der Waals surface area contributed by atoms with Crippen molar-refractivity contribution in [2.75, 3.05) is 6.61 Å². The zero-order valence-corrected chi connectivity index (χ0v) is 12.8. The van der Waals surface area contributed by atoms with Crippen LogP contribution in [0.25, 0.3) is 0 Å². The normalized spacial score (nSPS) is 10.2. The van der Waals surface area contributed by atoms with E-state index in [1.807, 2.05) is 19.1 Å². The summed E-state index contributed by atoms with van der Waals surface area (Å²) in [6.07, 6.45) is 0. The Bertz CT molecular complexity index is 638. The summed E-state index contributed by atoms with van der Waals surface area (Å²) < 4.78 is 11.3. The number of para-hydroxylation sites is 1. The van der Waals surface area contributed by atoms with Crippen LogP contribution in [-0.2, 0) is 6.61 Å². The number of ketones is 1. The maximum Gasteiger partial charge on any atom is 0.159 e. The van der Waals surface area contributed by atoms with Crippen molar-refractivity contribution in [3.8, 4) is 11.5 Å². The number of halogens is 1. The predicted molar refractivity (Wildman–Crippen MR) is 83.4 cm³/mol. The van der Waals surface area contributed by atoms with Crippen molar-refractivity contribution in [2.45, 2.75) is 20.5 Å². The van der Waals surface area contributed by atoms with E-state index in [9.17, 15) is 4.79 Å². The second-order valence-electron chi connectivity index (χ2n) is 4.53. The summed E-state index contributed by atoms with van der Waals surface area (Å²) in [7, 11) is 0. The van der Waals surface area contributed by atoms with Crippen LogP contribution in [0, 0.1) is 0 Å². The van der Waals surface area contributed by atoms with Crippen molar-refractivity contribution >= 4 is 17.4 Å². The molecule has 0 aromatic heterocycles. The Balaban J connectivity index is 2.22.